The van der Waals surface area contributed by atoms with E-state index in [-0.39, 0.29) is 0 Å². The van der Waals surface area contributed by atoms with E-state index in [9.17, 15) is 5.26 Å². The number of nitriles is 1. The molecule has 0 unspecified atom stereocenters. The lowest BCUT2D eigenvalue weighted by molar-refractivity contribution is 0.258. The van der Waals surface area contributed by atoms with Gasteiger partial charge in [-0.2, -0.15) is 5.26 Å². The highest BCUT2D eigenvalue weighted by atomic mass is 15.2. The Balaban J connectivity index is 2.20. The zero-order valence-corrected chi connectivity index (χ0v) is 13.2. The summed E-state index contributed by atoms with van der Waals surface area (Å²) in [6.07, 6.45) is 1.05. The molecule has 2 atom stereocenters. The van der Waals surface area contributed by atoms with Crippen LogP contribution in [0.25, 0.3) is 0 Å². The van der Waals surface area contributed by atoms with Gasteiger partial charge < -0.3 is 4.90 Å². The van der Waals surface area contributed by atoms with Crippen molar-refractivity contribution < 1.29 is 0 Å². The van der Waals surface area contributed by atoms with Gasteiger partial charge in [0.05, 0.1) is 6.07 Å². The molecule has 3 rings (SSSR count). The molecule has 0 saturated carbocycles. The molecule has 0 amide bonds. The number of hydrogen-bond donors (Lipinski definition) is 0. The van der Waals surface area contributed by atoms with Gasteiger partial charge in [0.2, 0.25) is 0 Å². The summed E-state index contributed by atoms with van der Waals surface area (Å²) in [5.74, 6) is 0.298. The topological polar surface area (TPSA) is 27.0 Å². The van der Waals surface area contributed by atoms with Crippen LogP contribution in [0, 0.1) is 17.2 Å². The molecule has 2 aromatic carbocycles. The number of likely N-dealkylation sites (tertiary alicyclic amines) is 1. The minimum Gasteiger partial charge on any atom is -0.303 e. The summed E-state index contributed by atoms with van der Waals surface area (Å²) < 4.78 is 0. The first-order chi connectivity index (χ1) is 10.7. The predicted octanol–water partition coefficient (Wildman–Crippen LogP) is 3.84. The summed E-state index contributed by atoms with van der Waals surface area (Å²) in [4.78, 5) is 2.36. The van der Waals surface area contributed by atoms with Crippen LogP contribution in [0.15, 0.2) is 60.7 Å². The van der Waals surface area contributed by atoms with Crippen LogP contribution in [0.3, 0.4) is 0 Å². The third kappa shape index (κ3) is 2.23. The van der Waals surface area contributed by atoms with Crippen molar-refractivity contribution in [1.29, 1.82) is 5.26 Å². The summed E-state index contributed by atoms with van der Waals surface area (Å²) >= 11 is 0. The summed E-state index contributed by atoms with van der Waals surface area (Å²) in [6.45, 7) is 3.30. The molecule has 112 valence electrons. The van der Waals surface area contributed by atoms with Gasteiger partial charge in [0.1, 0.15) is 5.41 Å². The Kier molecular flexibility index (Phi) is 4.00. The lowest BCUT2D eigenvalue weighted by atomic mass is 9.64. The van der Waals surface area contributed by atoms with Crippen LogP contribution in [0.5, 0.6) is 0 Å². The molecule has 0 radical (unpaired) electrons. The molecule has 2 nitrogen and oxygen atoms in total. The van der Waals surface area contributed by atoms with Gasteiger partial charge in [-0.25, -0.2) is 0 Å². The largest absolute Gasteiger partial charge is 0.303 e. The van der Waals surface area contributed by atoms with Crippen molar-refractivity contribution in [3.05, 3.63) is 71.8 Å². The highest BCUT2D eigenvalue weighted by Crippen LogP contribution is 2.45. The molecule has 0 aliphatic carbocycles. The van der Waals surface area contributed by atoms with Crippen molar-refractivity contribution in [2.24, 2.45) is 5.92 Å². The van der Waals surface area contributed by atoms with E-state index in [1.165, 1.54) is 0 Å². The Morgan fingerprint density at radius 1 is 1.00 bits per heavy atom. The van der Waals surface area contributed by atoms with Gasteiger partial charge in [-0.05, 0) is 38.1 Å². The monoisotopic (exact) mass is 290 g/mol. The van der Waals surface area contributed by atoms with E-state index in [1.54, 1.807) is 0 Å². The van der Waals surface area contributed by atoms with Gasteiger partial charge in [-0.1, -0.05) is 60.7 Å². The average molecular weight is 290 g/mol. The van der Waals surface area contributed by atoms with Crippen LogP contribution in [-0.4, -0.2) is 24.5 Å². The van der Waals surface area contributed by atoms with Crippen LogP contribution in [-0.2, 0) is 5.41 Å². The van der Waals surface area contributed by atoms with Crippen LogP contribution in [0.1, 0.15) is 24.5 Å². The quantitative estimate of drug-likeness (QED) is 0.859. The highest BCUT2D eigenvalue weighted by molar-refractivity contribution is 5.47. The Hall–Kier alpha value is -2.11. The second-order valence-corrected chi connectivity index (χ2v) is 6.27. The molecule has 1 fully saturated rings. The zero-order chi connectivity index (χ0) is 15.6. The third-order valence-corrected chi connectivity index (χ3v) is 5.26. The standard InChI is InChI=1S/C20H22N2/c1-16-19(13-14-22(16)2)20(15-21,17-9-5-3-6-10-17)18-11-7-4-8-12-18/h3-12,16,19H,13-14H2,1-2H3/t16-,19+/m1/s1. The second-order valence-electron chi connectivity index (χ2n) is 6.27. The van der Waals surface area contributed by atoms with E-state index < -0.39 is 5.41 Å². The van der Waals surface area contributed by atoms with Crippen molar-refractivity contribution in [2.45, 2.75) is 24.8 Å². The molecule has 2 heteroatoms. The van der Waals surface area contributed by atoms with E-state index in [2.05, 4.69) is 49.2 Å². The smallest absolute Gasteiger partial charge is 0.111 e. The molecule has 0 bridgehead atoms. The van der Waals surface area contributed by atoms with Gasteiger partial charge in [-0.3, -0.25) is 0 Å². The average Bonchev–Trinajstić information content (AvgIpc) is 2.91. The maximum absolute atomic E-state index is 10.3. The van der Waals surface area contributed by atoms with Crippen molar-refractivity contribution in [3.8, 4) is 6.07 Å². The number of rotatable bonds is 3. The molecule has 1 heterocycles. The highest BCUT2D eigenvalue weighted by Gasteiger charge is 2.48. The molecule has 1 aliphatic rings. The van der Waals surface area contributed by atoms with Crippen molar-refractivity contribution >= 4 is 0 Å². The fourth-order valence-electron chi connectivity index (χ4n) is 3.88. The van der Waals surface area contributed by atoms with E-state index in [0.717, 1.165) is 24.1 Å². The van der Waals surface area contributed by atoms with Crippen LogP contribution in [0.4, 0.5) is 0 Å². The summed E-state index contributed by atoms with van der Waals surface area (Å²) in [5, 5.41) is 10.3. The van der Waals surface area contributed by atoms with E-state index >= 15 is 0 Å². The molecule has 0 aromatic heterocycles. The molecular formula is C20H22N2. The molecule has 0 spiro atoms. The fourth-order valence-corrected chi connectivity index (χ4v) is 3.88. The normalized spacial score (nSPS) is 22.4. The van der Waals surface area contributed by atoms with E-state index in [0.29, 0.717) is 12.0 Å². The van der Waals surface area contributed by atoms with Gasteiger partial charge in [0, 0.05) is 12.0 Å². The second kappa shape index (κ2) is 5.94. The fraction of sp³-hybridized carbons (Fsp3) is 0.350. The van der Waals surface area contributed by atoms with E-state index in [1.807, 2.05) is 36.4 Å². The lowest BCUT2D eigenvalue weighted by Gasteiger charge is -2.37. The molecule has 1 saturated heterocycles. The third-order valence-electron chi connectivity index (χ3n) is 5.26. The minimum absolute atomic E-state index is 0.298. The Labute approximate surface area is 133 Å². The molecule has 2 aromatic rings. The van der Waals surface area contributed by atoms with Crippen LogP contribution >= 0.6 is 0 Å². The van der Waals surface area contributed by atoms with Gasteiger partial charge in [0.15, 0.2) is 0 Å². The number of benzene rings is 2. The first kappa shape index (κ1) is 14.8. The van der Waals surface area contributed by atoms with Crippen LogP contribution < -0.4 is 0 Å². The first-order valence-corrected chi connectivity index (χ1v) is 7.92. The predicted molar refractivity (Wildman–Crippen MR) is 89.5 cm³/mol. The first-order valence-electron chi connectivity index (χ1n) is 7.92. The molecular weight excluding hydrogens is 268 g/mol. The van der Waals surface area contributed by atoms with Gasteiger partial charge in [0.25, 0.3) is 0 Å². The summed E-state index contributed by atoms with van der Waals surface area (Å²) in [6, 6.07) is 23.7. The Morgan fingerprint density at radius 2 is 1.50 bits per heavy atom. The lowest BCUT2D eigenvalue weighted by Crippen LogP contribution is -2.41. The molecule has 0 N–H and O–H groups in total. The maximum Gasteiger partial charge on any atom is 0.111 e. The van der Waals surface area contributed by atoms with Gasteiger partial charge in [-0.15, -0.1) is 0 Å². The van der Waals surface area contributed by atoms with Gasteiger partial charge >= 0.3 is 0 Å². The maximum atomic E-state index is 10.3. The Morgan fingerprint density at radius 3 is 1.86 bits per heavy atom. The minimum atomic E-state index is -0.577. The van der Waals surface area contributed by atoms with E-state index in [4.69, 9.17) is 0 Å². The van der Waals surface area contributed by atoms with Crippen molar-refractivity contribution in [3.63, 3.8) is 0 Å². The summed E-state index contributed by atoms with van der Waals surface area (Å²) in [5.41, 5.74) is 1.64. The number of hydrogen-bond acceptors (Lipinski definition) is 2. The molecule has 22 heavy (non-hydrogen) atoms. The van der Waals surface area contributed by atoms with Crippen molar-refractivity contribution in [1.82, 2.24) is 4.90 Å². The van der Waals surface area contributed by atoms with Crippen LogP contribution in [0.2, 0.25) is 0 Å². The van der Waals surface area contributed by atoms with Crippen molar-refractivity contribution in [2.75, 3.05) is 13.6 Å². The summed E-state index contributed by atoms with van der Waals surface area (Å²) in [7, 11) is 2.16. The zero-order valence-electron chi connectivity index (χ0n) is 13.2. The number of nitrogens with zero attached hydrogens (tertiary/aromatic N) is 2. The molecule has 1 aliphatic heterocycles. The SMILES string of the molecule is C[C@@H]1[C@@H](C(C#N)(c2ccccc2)c2ccccc2)CCN1C. The Bertz CT molecular complexity index is 618.